The normalized spacial score (nSPS) is 17.4. The summed E-state index contributed by atoms with van der Waals surface area (Å²) in [5.74, 6) is -1.21. The fraction of sp³-hybridized carbons (Fsp3) is 0.574. The predicted molar refractivity (Wildman–Crippen MR) is 325 cm³/mol. The van der Waals surface area contributed by atoms with Crippen molar-refractivity contribution in [2.45, 2.75) is 107 Å². The maximum Gasteiger partial charge on any atom is 0.335 e. The van der Waals surface area contributed by atoms with Gasteiger partial charge >= 0.3 is 5.97 Å². The van der Waals surface area contributed by atoms with E-state index in [1.165, 1.54) is 6.07 Å². The molecule has 3 aromatic rings. The molecule has 6 heterocycles. The zero-order valence-corrected chi connectivity index (χ0v) is 53.5. The molecule has 0 radical (unpaired) electrons. The zero-order valence-electron chi connectivity index (χ0n) is 51.1. The van der Waals surface area contributed by atoms with Gasteiger partial charge in [0, 0.05) is 79.2 Å². The average molecular weight is 1300 g/mol. The van der Waals surface area contributed by atoms with Crippen molar-refractivity contribution in [3.05, 3.63) is 86.4 Å². The summed E-state index contributed by atoms with van der Waals surface area (Å²) in [6.45, 7) is 16.7. The number of anilines is 1. The number of benzene rings is 3. The number of imide groups is 1. The van der Waals surface area contributed by atoms with E-state index in [2.05, 4.69) is 41.0 Å². The highest BCUT2D eigenvalue weighted by Gasteiger charge is 2.44. The van der Waals surface area contributed by atoms with Gasteiger partial charge in [0.25, 0.3) is 32.1 Å². The minimum atomic E-state index is -5.16. The number of nitrogens with one attached hydrogen (secondary N) is 1. The third-order valence-electron chi connectivity index (χ3n) is 16.1. The molecule has 0 aliphatic carbocycles. The summed E-state index contributed by atoms with van der Waals surface area (Å²) in [5.41, 5.74) is 5.47. The summed E-state index contributed by atoms with van der Waals surface area (Å²) < 4.78 is 158. The zero-order chi connectivity index (χ0) is 63.7. The Balaban J connectivity index is 0.730. The summed E-state index contributed by atoms with van der Waals surface area (Å²) >= 11 is 0. The highest BCUT2D eigenvalue weighted by atomic mass is 32.2. The van der Waals surface area contributed by atoms with Gasteiger partial charge in [-0.05, 0) is 81.0 Å². The second-order valence-corrected chi connectivity index (χ2v) is 27.8. The molecule has 25 nitrogen and oxygen atoms in total. The molecule has 0 atom stereocenters. The van der Waals surface area contributed by atoms with Gasteiger partial charge in [-0.15, -0.1) is 5.06 Å². The van der Waals surface area contributed by atoms with Crippen molar-refractivity contribution >= 4 is 70.4 Å². The van der Waals surface area contributed by atoms with Crippen LogP contribution in [0.2, 0.25) is 0 Å². The Bertz CT molecular complexity index is 3700. The first-order valence-corrected chi connectivity index (χ1v) is 34.6. The van der Waals surface area contributed by atoms with Crippen molar-refractivity contribution < 1.29 is 96.2 Å². The van der Waals surface area contributed by atoms with Crippen molar-refractivity contribution in [3.8, 4) is 11.5 Å². The lowest BCUT2D eigenvalue weighted by molar-refractivity contribution is -0.198. The van der Waals surface area contributed by atoms with Crippen LogP contribution in [0, 0.1) is 0 Å². The van der Waals surface area contributed by atoms with Crippen LogP contribution >= 0.6 is 0 Å². The molecule has 0 aromatic heterocycles. The van der Waals surface area contributed by atoms with E-state index in [4.69, 9.17) is 47.5 Å². The number of hydroxylamine groups is 2. The Morgan fingerprint density at radius 1 is 0.629 bits per heavy atom. The molecule has 0 spiro atoms. The van der Waals surface area contributed by atoms with Crippen LogP contribution in [0.3, 0.4) is 0 Å². The molecule has 0 bridgehead atoms. The second-order valence-electron chi connectivity index (χ2n) is 23.2. The Hall–Kier alpha value is -5.57. The van der Waals surface area contributed by atoms with Crippen LogP contribution in [0.5, 0.6) is 11.5 Å². The lowest BCUT2D eigenvalue weighted by Crippen LogP contribution is -2.53. The first-order valence-electron chi connectivity index (χ1n) is 30.1. The molecule has 6 aliphatic heterocycles. The molecule has 1 fully saturated rings. The lowest BCUT2D eigenvalue weighted by atomic mass is 9.79. The van der Waals surface area contributed by atoms with Gasteiger partial charge in [-0.2, -0.15) is 16.8 Å². The van der Waals surface area contributed by atoms with Crippen LogP contribution in [0.4, 0.5) is 5.69 Å². The maximum absolute atomic E-state index is 14.1. The molecule has 3 N–H and O–H groups in total. The Labute approximate surface area is 519 Å². The monoisotopic (exact) mass is 1300 g/mol. The summed E-state index contributed by atoms with van der Waals surface area (Å²) in [6.07, 6.45) is 7.57. The van der Waals surface area contributed by atoms with Crippen LogP contribution in [0.15, 0.2) is 52.3 Å². The third kappa shape index (κ3) is 16.4. The van der Waals surface area contributed by atoms with Crippen molar-refractivity contribution in [1.82, 2.24) is 14.4 Å². The van der Waals surface area contributed by atoms with Gasteiger partial charge in [0.05, 0.1) is 145 Å². The van der Waals surface area contributed by atoms with Crippen LogP contribution in [0.1, 0.15) is 107 Å². The highest BCUT2D eigenvalue weighted by Crippen LogP contribution is 2.53. The molecule has 488 valence electrons. The largest absolute Gasteiger partial charge is 0.455 e. The molecular weight excluding hydrogens is 1220 g/mol. The first kappa shape index (κ1) is 67.8. The third-order valence-corrected chi connectivity index (χ3v) is 19.2. The number of sulfonamides is 1. The topological polar surface area (TPSA) is 308 Å². The highest BCUT2D eigenvalue weighted by molar-refractivity contribution is 7.89. The van der Waals surface area contributed by atoms with E-state index in [1.807, 2.05) is 32.1 Å². The fourth-order valence-electron chi connectivity index (χ4n) is 12.1. The number of fused-ring (bicyclic) bond motifs is 4. The van der Waals surface area contributed by atoms with E-state index in [0.717, 1.165) is 64.8 Å². The van der Waals surface area contributed by atoms with E-state index in [-0.39, 0.29) is 69.9 Å². The Morgan fingerprint density at radius 2 is 1.19 bits per heavy atom. The average Bonchev–Trinajstić information content (AvgIpc) is 0.956. The van der Waals surface area contributed by atoms with E-state index in [9.17, 15) is 48.7 Å². The van der Waals surface area contributed by atoms with E-state index >= 15 is 0 Å². The quantitative estimate of drug-likeness (QED) is 0.0257. The summed E-state index contributed by atoms with van der Waals surface area (Å²) in [7, 11) is -14.1. The molecule has 2 amide bonds. The minimum absolute atomic E-state index is 0.0110. The summed E-state index contributed by atoms with van der Waals surface area (Å²) in [5, 5.41) is 2.06. The molecule has 0 saturated carbocycles. The van der Waals surface area contributed by atoms with Crippen LogP contribution in [0.25, 0.3) is 16.7 Å². The summed E-state index contributed by atoms with van der Waals surface area (Å²) in [6, 6.07) is 6.95. The van der Waals surface area contributed by atoms with Crippen molar-refractivity contribution in [2.24, 2.45) is 0 Å². The molecule has 89 heavy (non-hydrogen) atoms. The van der Waals surface area contributed by atoms with Crippen LogP contribution < -0.4 is 29.5 Å². The van der Waals surface area contributed by atoms with Crippen molar-refractivity contribution in [3.63, 3.8) is 0 Å². The molecule has 0 unspecified atom stereocenters. The molecule has 3 aromatic carbocycles. The predicted octanol–water partition coefficient (Wildman–Crippen LogP) is 3.53. The van der Waals surface area contributed by atoms with Gasteiger partial charge in [-0.1, -0.05) is 19.1 Å². The first-order chi connectivity index (χ1) is 42.4. The number of ether oxygens (including phenoxy) is 9. The Kier molecular flexibility index (Phi) is 22.4. The number of allylic oxidation sites excluding steroid dienone is 1. The van der Waals surface area contributed by atoms with E-state index in [0.29, 0.717) is 143 Å². The number of carbonyl (C=O) groups is 3. The number of rotatable bonds is 35. The standard InChI is InChI=1S/C61H80N4O21S3/c1-6-41-38-60(2,3)63-17-7-9-45-56(63)47(41)36-49-55(44-12-11-43(88(71,72)73)35-51(44)89(74,75)76)50-37-48-42(39-61(4,5)64-18-8-10-46(57(48)64)59(50)85-58(45)49)40-87(69,70)62-16-20-78-22-24-80-26-28-82-30-32-84-34-33-83-31-29-81-27-25-79-23-21-77-19-15-54(68)86-65-52(66)13-14-53(65)67/h11-12,35-39,62H,6-10,13-34,40H2,1-5H3,(H-,71,72,73,74,75,76)/p+1. The van der Waals surface area contributed by atoms with Gasteiger partial charge in [0.15, 0.2) is 5.54 Å². The van der Waals surface area contributed by atoms with Gasteiger partial charge in [0.1, 0.15) is 22.9 Å². The number of amides is 2. The maximum atomic E-state index is 14.1. The number of hydrogen-bond donors (Lipinski definition) is 3. The number of hydrogen-bond acceptors (Lipinski definition) is 20. The van der Waals surface area contributed by atoms with Crippen LogP contribution in [-0.4, -0.2) is 199 Å². The van der Waals surface area contributed by atoms with Gasteiger partial charge in [0.2, 0.25) is 15.4 Å². The van der Waals surface area contributed by atoms with Crippen LogP contribution in [-0.2, 0) is 100 Å². The van der Waals surface area contributed by atoms with E-state index < -0.39 is 69.1 Å². The minimum Gasteiger partial charge on any atom is -0.455 e. The molecule has 28 heteroatoms. The Morgan fingerprint density at radius 3 is 1.75 bits per heavy atom. The molecular formula is C61H81N4O21S3+. The van der Waals surface area contributed by atoms with Crippen molar-refractivity contribution in [1.29, 1.82) is 0 Å². The smallest absolute Gasteiger partial charge is 0.335 e. The molecule has 6 aliphatic rings. The van der Waals surface area contributed by atoms with E-state index in [1.54, 1.807) is 0 Å². The number of carbonyl (C=O) groups excluding carboxylic acids is 3. The summed E-state index contributed by atoms with van der Waals surface area (Å²) in [4.78, 5) is 40.3. The van der Waals surface area contributed by atoms with Crippen molar-refractivity contribution in [2.75, 3.05) is 136 Å². The molecule has 1 saturated heterocycles. The lowest BCUT2D eigenvalue weighted by Gasteiger charge is -2.47. The number of nitrogens with zero attached hydrogens (tertiary/aromatic N) is 3. The second kappa shape index (κ2) is 29.4. The van der Waals surface area contributed by atoms with Gasteiger partial charge in [-0.3, -0.25) is 18.7 Å². The fourth-order valence-corrected chi connectivity index (χ4v) is 14.6. The SMILES string of the molecule is CCC1=CC(C)(C)[N+]2=c3c1cc1c(c3CCC2)Oc2c(cc3c4c2CCCN4C(C)(C)C=C3CS(=O)(=O)NCCOCCOCCOCCOCCOCCOCCOCCOCCC(=O)ON2C(=O)CCC2=O)C=1c1ccc(S(=O)(=O)O)cc1S(=O)(=O)O. The van der Waals surface area contributed by atoms with Gasteiger partial charge < -0.3 is 52.4 Å². The molecule has 9 rings (SSSR count). The van der Waals surface area contributed by atoms with Gasteiger partial charge in [-0.25, -0.2) is 22.5 Å².